The summed E-state index contributed by atoms with van der Waals surface area (Å²) in [7, 11) is 0. The Morgan fingerprint density at radius 2 is 0.593 bits per heavy atom. The number of hydrogen-bond donors (Lipinski definition) is 3. The van der Waals surface area contributed by atoms with Crippen molar-refractivity contribution in [3.63, 3.8) is 0 Å². The number of aliphatic hydroxyl groups excluding tert-OH is 2. The molecule has 0 aromatic carbocycles. The summed E-state index contributed by atoms with van der Waals surface area (Å²) < 4.78 is 5.47. The van der Waals surface area contributed by atoms with Crippen LogP contribution in [0.25, 0.3) is 0 Å². The van der Waals surface area contributed by atoms with Gasteiger partial charge in [-0.05, 0) is 77.0 Å². The molecule has 0 saturated heterocycles. The van der Waals surface area contributed by atoms with Crippen LogP contribution in [0.3, 0.4) is 0 Å². The average Bonchev–Trinajstić information content (AvgIpc) is 3.61. The van der Waals surface area contributed by atoms with Gasteiger partial charge in [0.2, 0.25) is 5.91 Å². The largest absolute Gasteiger partial charge is 0.466 e. The lowest BCUT2D eigenvalue weighted by Crippen LogP contribution is -2.45. The van der Waals surface area contributed by atoms with Crippen LogP contribution < -0.4 is 5.32 Å². The molecular formula is C80H153NO5. The molecule has 0 aliphatic heterocycles. The molecule has 0 radical (unpaired) electrons. The van der Waals surface area contributed by atoms with Gasteiger partial charge in [0.15, 0.2) is 0 Å². The molecule has 0 aromatic heterocycles. The molecule has 0 aromatic rings. The molecular weight excluding hydrogens is 1050 g/mol. The van der Waals surface area contributed by atoms with Crippen LogP contribution in [0.4, 0.5) is 0 Å². The number of nitrogens with one attached hydrogen (secondary N) is 1. The highest BCUT2D eigenvalue weighted by atomic mass is 16.5. The predicted molar refractivity (Wildman–Crippen MR) is 379 cm³/mol. The van der Waals surface area contributed by atoms with E-state index >= 15 is 0 Å². The zero-order valence-corrected chi connectivity index (χ0v) is 58.3. The summed E-state index contributed by atoms with van der Waals surface area (Å²) in [5, 5.41) is 23.5. The van der Waals surface area contributed by atoms with Gasteiger partial charge in [-0.2, -0.15) is 0 Å². The summed E-state index contributed by atoms with van der Waals surface area (Å²) >= 11 is 0. The number of carbonyl (C=O) groups excluding carboxylic acids is 2. The second-order valence-corrected chi connectivity index (χ2v) is 27.0. The monoisotopic (exact) mass is 1210 g/mol. The van der Waals surface area contributed by atoms with Crippen molar-refractivity contribution < 1.29 is 24.5 Å². The van der Waals surface area contributed by atoms with Crippen molar-refractivity contribution >= 4 is 11.9 Å². The first-order valence-electron chi connectivity index (χ1n) is 39.2. The van der Waals surface area contributed by atoms with Crippen LogP contribution in [0.5, 0.6) is 0 Å². The van der Waals surface area contributed by atoms with Gasteiger partial charge in [0.05, 0.1) is 25.4 Å². The minimum atomic E-state index is -0.665. The fourth-order valence-corrected chi connectivity index (χ4v) is 12.4. The Kier molecular flexibility index (Phi) is 73.9. The van der Waals surface area contributed by atoms with E-state index in [1.807, 2.05) is 0 Å². The van der Waals surface area contributed by atoms with Crippen LogP contribution in [0.1, 0.15) is 438 Å². The number of allylic oxidation sites excluding steroid dienone is 6. The highest BCUT2D eigenvalue weighted by molar-refractivity contribution is 5.76. The first-order chi connectivity index (χ1) is 42.5. The number of amides is 1. The number of rotatable bonds is 74. The number of carbonyl (C=O) groups is 2. The number of unbranched alkanes of at least 4 members (excludes halogenated alkanes) is 57. The van der Waals surface area contributed by atoms with Crippen molar-refractivity contribution in [1.29, 1.82) is 0 Å². The van der Waals surface area contributed by atoms with Crippen molar-refractivity contribution in [1.82, 2.24) is 5.32 Å². The van der Waals surface area contributed by atoms with Crippen LogP contribution in [0.2, 0.25) is 0 Å². The van der Waals surface area contributed by atoms with E-state index < -0.39 is 12.1 Å². The van der Waals surface area contributed by atoms with E-state index in [4.69, 9.17) is 4.74 Å². The molecule has 2 atom stereocenters. The average molecular weight is 1210 g/mol. The molecule has 0 heterocycles. The Morgan fingerprint density at radius 3 is 0.930 bits per heavy atom. The molecule has 0 saturated carbocycles. The maximum atomic E-state index is 12.6. The third kappa shape index (κ3) is 71.2. The summed E-state index contributed by atoms with van der Waals surface area (Å²) in [5.41, 5.74) is 0. The first kappa shape index (κ1) is 84.1. The van der Waals surface area contributed by atoms with E-state index in [2.05, 4.69) is 55.6 Å². The lowest BCUT2D eigenvalue weighted by molar-refractivity contribution is -0.143. The SMILES string of the molecule is CCCC/C=C\CCCCCCCC(=O)OCCCCCCCCCCC/C=C\C/C=C\CCCCCCCCCCCCCCCCCCCC(=O)NC(CO)C(O)CCCCCCCCCCCCCCCCCCCCCCCCCCC. The second-order valence-electron chi connectivity index (χ2n) is 27.0. The molecule has 0 rings (SSSR count). The quantitative estimate of drug-likeness (QED) is 0.0320. The lowest BCUT2D eigenvalue weighted by Gasteiger charge is -2.22. The number of aliphatic hydroxyl groups is 2. The smallest absolute Gasteiger partial charge is 0.305 e. The van der Waals surface area contributed by atoms with Gasteiger partial charge in [0.25, 0.3) is 0 Å². The molecule has 1 amide bonds. The Labute approximate surface area is 538 Å². The van der Waals surface area contributed by atoms with E-state index in [1.165, 1.54) is 353 Å². The highest BCUT2D eigenvalue weighted by Gasteiger charge is 2.20. The fourth-order valence-electron chi connectivity index (χ4n) is 12.4. The normalized spacial score (nSPS) is 12.7. The summed E-state index contributed by atoms with van der Waals surface area (Å²) in [6.45, 7) is 4.95. The molecule has 3 N–H and O–H groups in total. The Hall–Kier alpha value is -1.92. The van der Waals surface area contributed by atoms with E-state index in [0.717, 1.165) is 51.4 Å². The van der Waals surface area contributed by atoms with Crippen molar-refractivity contribution in [3.05, 3.63) is 36.5 Å². The van der Waals surface area contributed by atoms with Gasteiger partial charge in [-0.25, -0.2) is 0 Å². The molecule has 0 aliphatic carbocycles. The van der Waals surface area contributed by atoms with Gasteiger partial charge >= 0.3 is 5.97 Å². The topological polar surface area (TPSA) is 95.9 Å². The summed E-state index contributed by atoms with van der Waals surface area (Å²) in [6.07, 6.45) is 98.1. The van der Waals surface area contributed by atoms with Crippen LogP contribution in [-0.4, -0.2) is 47.4 Å². The van der Waals surface area contributed by atoms with E-state index in [9.17, 15) is 19.8 Å². The minimum Gasteiger partial charge on any atom is -0.466 e. The zero-order chi connectivity index (χ0) is 62.0. The van der Waals surface area contributed by atoms with Gasteiger partial charge in [-0.3, -0.25) is 9.59 Å². The molecule has 86 heavy (non-hydrogen) atoms. The van der Waals surface area contributed by atoms with Crippen molar-refractivity contribution in [2.75, 3.05) is 13.2 Å². The van der Waals surface area contributed by atoms with Crippen molar-refractivity contribution in [2.24, 2.45) is 0 Å². The highest BCUT2D eigenvalue weighted by Crippen LogP contribution is 2.20. The molecule has 6 heteroatoms. The lowest BCUT2D eigenvalue weighted by atomic mass is 10.0. The van der Waals surface area contributed by atoms with Crippen molar-refractivity contribution in [2.45, 2.75) is 450 Å². The van der Waals surface area contributed by atoms with Gasteiger partial charge in [-0.1, -0.05) is 384 Å². The van der Waals surface area contributed by atoms with Crippen LogP contribution >= 0.6 is 0 Å². The fraction of sp³-hybridized carbons (Fsp3) is 0.900. The summed E-state index contributed by atoms with van der Waals surface area (Å²) in [5.74, 6) is -0.0240. The number of ether oxygens (including phenoxy) is 1. The third-order valence-corrected chi connectivity index (χ3v) is 18.4. The van der Waals surface area contributed by atoms with Gasteiger partial charge in [-0.15, -0.1) is 0 Å². The molecule has 0 fully saturated rings. The molecule has 0 spiro atoms. The van der Waals surface area contributed by atoms with Gasteiger partial charge in [0.1, 0.15) is 0 Å². The molecule has 0 aliphatic rings. The second kappa shape index (κ2) is 75.5. The summed E-state index contributed by atoms with van der Waals surface area (Å²) in [4.78, 5) is 24.6. The number of hydrogen-bond acceptors (Lipinski definition) is 5. The van der Waals surface area contributed by atoms with Crippen LogP contribution in [0.15, 0.2) is 36.5 Å². The minimum absolute atomic E-state index is 0.00362. The van der Waals surface area contributed by atoms with Gasteiger partial charge < -0.3 is 20.3 Å². The Morgan fingerprint density at radius 1 is 0.326 bits per heavy atom. The van der Waals surface area contributed by atoms with E-state index in [-0.39, 0.29) is 18.5 Å². The molecule has 6 nitrogen and oxygen atoms in total. The zero-order valence-electron chi connectivity index (χ0n) is 58.3. The van der Waals surface area contributed by atoms with Crippen LogP contribution in [-0.2, 0) is 14.3 Å². The Balaban J connectivity index is 3.39. The number of esters is 1. The molecule has 2 unspecified atom stereocenters. The maximum absolute atomic E-state index is 12.6. The Bertz CT molecular complexity index is 1390. The van der Waals surface area contributed by atoms with E-state index in [1.54, 1.807) is 0 Å². The standard InChI is InChI=1S/C80H153NO5/c1-3-5-7-9-11-13-15-16-17-18-19-20-21-31-34-37-40-43-46-49-53-56-60-64-68-72-78(83)77(76-82)81-79(84)73-69-65-61-57-54-50-47-44-41-38-35-32-29-27-25-23-22-24-26-28-30-33-36-39-42-45-48-51-55-59-63-67-71-75-86-80(85)74-70-66-62-58-52-14-12-10-8-6-4-2/h10,12,26,28,33,36,77-78,82-83H,3-9,11,13-25,27,29-32,34-35,37-76H2,1-2H3,(H,81,84)/b12-10-,28-26-,36-33-. The van der Waals surface area contributed by atoms with Crippen molar-refractivity contribution in [3.8, 4) is 0 Å². The first-order valence-corrected chi connectivity index (χ1v) is 39.2. The summed E-state index contributed by atoms with van der Waals surface area (Å²) in [6, 6.07) is -0.542. The maximum Gasteiger partial charge on any atom is 0.305 e. The van der Waals surface area contributed by atoms with Gasteiger partial charge in [0, 0.05) is 12.8 Å². The molecule has 0 bridgehead atoms. The predicted octanol–water partition coefficient (Wildman–Crippen LogP) is 25.8. The van der Waals surface area contributed by atoms with E-state index in [0.29, 0.717) is 25.9 Å². The third-order valence-electron chi connectivity index (χ3n) is 18.4. The van der Waals surface area contributed by atoms with Crippen LogP contribution in [0, 0.1) is 0 Å². The molecule has 508 valence electrons.